The molecule has 6 nitrogen and oxygen atoms in total. The maximum Gasteiger partial charge on any atom is 0.511 e. The Labute approximate surface area is 177 Å². The normalized spacial score (nSPS) is 29.0. The standard InChI is InChI=1S/C19H20ClF3N4O2S/c20-14-1-2-16-13(3-14)8-26(30(28,29)19(21,22)23)10-17(18-4-12(5-18)6-18)27(16)9-15-7-24-11-25-15/h1-3,7,11-12,17H,4-6,8-10H2,(H,24,25)/t12?,17-,18?/m0/s1. The van der Waals surface area contributed by atoms with Crippen LogP contribution in [-0.4, -0.2) is 40.8 Å². The Morgan fingerprint density at radius 1 is 1.27 bits per heavy atom. The van der Waals surface area contributed by atoms with E-state index < -0.39 is 15.5 Å². The minimum Gasteiger partial charge on any atom is -0.361 e. The Hall–Kier alpha value is -1.78. The molecule has 162 valence electrons. The van der Waals surface area contributed by atoms with Gasteiger partial charge >= 0.3 is 15.5 Å². The molecule has 0 spiro atoms. The predicted octanol–water partition coefficient (Wildman–Crippen LogP) is 3.90. The third-order valence-electron chi connectivity index (χ3n) is 6.77. The number of hydrogen-bond acceptors (Lipinski definition) is 4. The maximum atomic E-state index is 13.5. The molecule has 30 heavy (non-hydrogen) atoms. The van der Waals surface area contributed by atoms with Gasteiger partial charge in [0.25, 0.3) is 0 Å². The minimum absolute atomic E-state index is 0.161. The number of hydrogen-bond donors (Lipinski definition) is 1. The number of imidazole rings is 1. The van der Waals surface area contributed by atoms with Crippen molar-refractivity contribution in [2.45, 2.75) is 43.9 Å². The van der Waals surface area contributed by atoms with E-state index >= 15 is 0 Å². The van der Waals surface area contributed by atoms with Crippen molar-refractivity contribution >= 4 is 27.3 Å². The van der Waals surface area contributed by atoms with Crippen LogP contribution < -0.4 is 4.90 Å². The van der Waals surface area contributed by atoms with Gasteiger partial charge in [0.15, 0.2) is 0 Å². The molecule has 0 unspecified atom stereocenters. The molecule has 1 aliphatic heterocycles. The van der Waals surface area contributed by atoms with Crippen molar-refractivity contribution in [2.24, 2.45) is 11.3 Å². The first-order chi connectivity index (χ1) is 14.1. The molecule has 1 aromatic carbocycles. The molecular formula is C19H20ClF3N4O2S. The molecular weight excluding hydrogens is 441 g/mol. The molecule has 1 N–H and O–H groups in total. The third-order valence-corrected chi connectivity index (χ3v) is 8.55. The highest BCUT2D eigenvalue weighted by atomic mass is 35.5. The first-order valence-electron chi connectivity index (χ1n) is 9.68. The molecule has 0 radical (unpaired) electrons. The van der Waals surface area contributed by atoms with Crippen molar-refractivity contribution < 1.29 is 21.6 Å². The van der Waals surface area contributed by atoms with E-state index in [0.29, 0.717) is 33.0 Å². The first kappa shape index (κ1) is 20.1. The number of H-pyrrole nitrogens is 1. The van der Waals surface area contributed by atoms with Crippen molar-refractivity contribution in [2.75, 3.05) is 11.4 Å². The van der Waals surface area contributed by atoms with Gasteiger partial charge < -0.3 is 9.88 Å². The SMILES string of the molecule is O=S(=O)(N1Cc2cc(Cl)ccc2N(Cc2cnc[nH]2)[C@H](C23CC(C2)C3)C1)C(F)(F)F. The van der Waals surface area contributed by atoms with E-state index in [9.17, 15) is 21.6 Å². The van der Waals surface area contributed by atoms with Crippen LogP contribution in [0, 0.1) is 11.3 Å². The summed E-state index contributed by atoms with van der Waals surface area (Å²) >= 11 is 6.12. The second kappa shape index (κ2) is 6.61. The van der Waals surface area contributed by atoms with Crippen LogP contribution in [0.5, 0.6) is 0 Å². The summed E-state index contributed by atoms with van der Waals surface area (Å²) < 4.78 is 65.8. The molecule has 6 rings (SSSR count). The number of fused-ring (bicyclic) bond motifs is 1. The number of sulfonamides is 1. The highest BCUT2D eigenvalue weighted by Gasteiger charge is 2.63. The van der Waals surface area contributed by atoms with E-state index in [1.807, 2.05) is 4.90 Å². The molecule has 3 fully saturated rings. The Kier molecular flexibility index (Phi) is 4.44. The van der Waals surface area contributed by atoms with Crippen LogP contribution in [0.4, 0.5) is 18.9 Å². The van der Waals surface area contributed by atoms with Gasteiger partial charge in [0, 0.05) is 36.0 Å². The molecule has 4 aliphatic rings. The fourth-order valence-corrected chi connectivity index (χ4v) is 6.37. The fraction of sp³-hybridized carbons (Fsp3) is 0.526. The second-order valence-corrected chi connectivity index (χ2v) is 10.9. The topological polar surface area (TPSA) is 69.3 Å². The molecule has 2 bridgehead atoms. The zero-order valence-electron chi connectivity index (χ0n) is 15.9. The zero-order chi connectivity index (χ0) is 21.3. The third kappa shape index (κ3) is 3.03. The number of alkyl halides is 3. The van der Waals surface area contributed by atoms with Gasteiger partial charge in [0.05, 0.1) is 18.6 Å². The maximum absolute atomic E-state index is 13.5. The Bertz CT molecular complexity index is 1060. The second-order valence-electron chi connectivity index (χ2n) is 8.58. The van der Waals surface area contributed by atoms with Crippen LogP contribution in [0.1, 0.15) is 30.5 Å². The molecule has 11 heteroatoms. The highest BCUT2D eigenvalue weighted by molar-refractivity contribution is 7.89. The van der Waals surface area contributed by atoms with Crippen LogP contribution >= 0.6 is 11.6 Å². The molecule has 1 atom stereocenters. The van der Waals surface area contributed by atoms with E-state index in [1.54, 1.807) is 30.7 Å². The smallest absolute Gasteiger partial charge is 0.361 e. The summed E-state index contributed by atoms with van der Waals surface area (Å²) in [6, 6.07) is 4.65. The van der Waals surface area contributed by atoms with Gasteiger partial charge in [0.1, 0.15) is 0 Å². The van der Waals surface area contributed by atoms with Gasteiger partial charge in [-0.2, -0.15) is 17.5 Å². The average Bonchev–Trinajstić information content (AvgIpc) is 3.03. The van der Waals surface area contributed by atoms with Gasteiger partial charge in [-0.25, -0.2) is 13.4 Å². The number of nitrogens with zero attached hydrogens (tertiary/aromatic N) is 3. The molecule has 3 saturated carbocycles. The Morgan fingerprint density at radius 2 is 2.00 bits per heavy atom. The largest absolute Gasteiger partial charge is 0.511 e. The molecule has 2 aromatic rings. The lowest BCUT2D eigenvalue weighted by atomic mass is 9.41. The van der Waals surface area contributed by atoms with Crippen LogP contribution in [-0.2, 0) is 23.1 Å². The summed E-state index contributed by atoms with van der Waals surface area (Å²) in [5.41, 5.74) is -3.54. The highest BCUT2D eigenvalue weighted by Crippen LogP contribution is 2.67. The van der Waals surface area contributed by atoms with Crippen molar-refractivity contribution in [3.05, 3.63) is 47.0 Å². The monoisotopic (exact) mass is 460 g/mol. The summed E-state index contributed by atoms with van der Waals surface area (Å²) in [6.45, 7) is -0.187. The van der Waals surface area contributed by atoms with Crippen LogP contribution in [0.3, 0.4) is 0 Å². The van der Waals surface area contributed by atoms with Gasteiger partial charge in [-0.3, -0.25) is 0 Å². The fourth-order valence-electron chi connectivity index (χ4n) is 5.23. The predicted molar refractivity (Wildman–Crippen MR) is 105 cm³/mol. The van der Waals surface area contributed by atoms with E-state index in [2.05, 4.69) is 9.97 Å². The van der Waals surface area contributed by atoms with E-state index in [0.717, 1.165) is 25.0 Å². The van der Waals surface area contributed by atoms with Gasteiger partial charge in [0.2, 0.25) is 0 Å². The molecule has 1 aromatic heterocycles. The van der Waals surface area contributed by atoms with Gasteiger partial charge in [-0.15, -0.1) is 0 Å². The van der Waals surface area contributed by atoms with Crippen molar-refractivity contribution in [1.82, 2.24) is 14.3 Å². The number of benzene rings is 1. The lowest BCUT2D eigenvalue weighted by molar-refractivity contribution is -0.129. The molecule has 0 saturated heterocycles. The summed E-state index contributed by atoms with van der Waals surface area (Å²) in [7, 11) is -5.48. The minimum atomic E-state index is -5.48. The van der Waals surface area contributed by atoms with Crippen LogP contribution in [0.15, 0.2) is 30.7 Å². The number of nitrogens with one attached hydrogen (secondary N) is 1. The van der Waals surface area contributed by atoms with Crippen molar-refractivity contribution in [3.63, 3.8) is 0 Å². The lowest BCUT2D eigenvalue weighted by Gasteiger charge is -2.67. The summed E-state index contributed by atoms with van der Waals surface area (Å²) in [5, 5.41) is 0.351. The van der Waals surface area contributed by atoms with E-state index in [4.69, 9.17) is 11.6 Å². The number of rotatable bonds is 4. The van der Waals surface area contributed by atoms with Gasteiger partial charge in [-0.1, -0.05) is 11.6 Å². The Morgan fingerprint density at radius 3 is 2.57 bits per heavy atom. The van der Waals surface area contributed by atoms with E-state index in [-0.39, 0.29) is 24.5 Å². The first-order valence-corrected chi connectivity index (χ1v) is 11.5. The summed E-state index contributed by atoms with van der Waals surface area (Å²) in [6.07, 6.45) is 5.97. The molecule has 3 aliphatic carbocycles. The van der Waals surface area contributed by atoms with Crippen molar-refractivity contribution in [3.8, 4) is 0 Å². The number of aromatic amines is 1. The van der Waals surface area contributed by atoms with Crippen LogP contribution in [0.25, 0.3) is 0 Å². The summed E-state index contributed by atoms with van der Waals surface area (Å²) in [5.74, 6) is 0.597. The van der Waals surface area contributed by atoms with Gasteiger partial charge in [-0.05, 0) is 54.4 Å². The summed E-state index contributed by atoms with van der Waals surface area (Å²) in [4.78, 5) is 9.13. The van der Waals surface area contributed by atoms with Crippen LogP contribution in [0.2, 0.25) is 5.02 Å². The average molecular weight is 461 g/mol. The molecule has 0 amide bonds. The number of aromatic nitrogens is 2. The quantitative estimate of drug-likeness (QED) is 0.751. The van der Waals surface area contributed by atoms with E-state index in [1.165, 1.54) is 0 Å². The zero-order valence-corrected chi connectivity index (χ0v) is 17.4. The Balaban J connectivity index is 1.63. The number of halogens is 4. The molecule has 2 heterocycles. The van der Waals surface area contributed by atoms with Crippen molar-refractivity contribution in [1.29, 1.82) is 0 Å². The lowest BCUT2D eigenvalue weighted by Crippen LogP contribution is -2.66. The number of anilines is 1.